The molecule has 1 aromatic heterocycles. The van der Waals surface area contributed by atoms with Gasteiger partial charge in [-0.1, -0.05) is 37.6 Å². The van der Waals surface area contributed by atoms with Crippen molar-refractivity contribution < 1.29 is 13.2 Å². The number of nitrogens with zero attached hydrogens (tertiary/aromatic N) is 3. The molecule has 1 heterocycles. The van der Waals surface area contributed by atoms with Crippen LogP contribution in [0.4, 0.5) is 5.69 Å². The minimum atomic E-state index is -3.71. The van der Waals surface area contributed by atoms with Gasteiger partial charge in [-0.25, -0.2) is 13.2 Å². The first-order valence-corrected chi connectivity index (χ1v) is 11.8. The Balaban J connectivity index is 1.91. The van der Waals surface area contributed by atoms with Gasteiger partial charge in [-0.05, 0) is 37.3 Å². The Morgan fingerprint density at radius 1 is 1.03 bits per heavy atom. The van der Waals surface area contributed by atoms with Gasteiger partial charge in [0.1, 0.15) is 6.54 Å². The van der Waals surface area contributed by atoms with E-state index < -0.39 is 15.9 Å². The molecule has 0 radical (unpaired) electrons. The standard InChI is InChI=1S/C21H25ClN4O4S/c1-4-24(5-2)31(29,30)15-11-12-16(22)17(13-15)23-20(27)14-26-19-10-8-7-9-18(19)25(6-3)21(26)28/h7-13H,4-6,14H2,1-3H3,(H,23,27). The van der Waals surface area contributed by atoms with E-state index in [0.29, 0.717) is 25.2 Å². The van der Waals surface area contributed by atoms with Crippen LogP contribution in [0.1, 0.15) is 20.8 Å². The molecule has 0 bridgehead atoms. The van der Waals surface area contributed by atoms with Crippen LogP contribution >= 0.6 is 11.6 Å². The highest BCUT2D eigenvalue weighted by atomic mass is 35.5. The van der Waals surface area contributed by atoms with Gasteiger partial charge >= 0.3 is 5.69 Å². The fourth-order valence-electron chi connectivity index (χ4n) is 3.54. The third-order valence-corrected chi connectivity index (χ3v) is 7.47. The van der Waals surface area contributed by atoms with Crippen molar-refractivity contribution in [3.8, 4) is 0 Å². The smallest absolute Gasteiger partial charge is 0.323 e. The van der Waals surface area contributed by atoms with Gasteiger partial charge in [-0.3, -0.25) is 13.9 Å². The molecule has 0 aliphatic rings. The Labute approximate surface area is 186 Å². The van der Waals surface area contributed by atoms with Crippen molar-refractivity contribution in [3.05, 3.63) is 58.0 Å². The number of aromatic nitrogens is 2. The minimum absolute atomic E-state index is 0.0376. The first-order valence-electron chi connectivity index (χ1n) is 10.0. The summed E-state index contributed by atoms with van der Waals surface area (Å²) >= 11 is 6.20. The largest absolute Gasteiger partial charge is 0.329 e. The fraction of sp³-hybridized carbons (Fsp3) is 0.333. The van der Waals surface area contributed by atoms with Crippen LogP contribution in [0, 0.1) is 0 Å². The van der Waals surface area contributed by atoms with Crippen molar-refractivity contribution in [2.75, 3.05) is 18.4 Å². The van der Waals surface area contributed by atoms with Gasteiger partial charge in [0, 0.05) is 19.6 Å². The van der Waals surface area contributed by atoms with Crippen molar-refractivity contribution in [2.24, 2.45) is 0 Å². The third kappa shape index (κ3) is 4.39. The second-order valence-electron chi connectivity index (χ2n) is 6.88. The molecule has 0 aliphatic carbocycles. The lowest BCUT2D eigenvalue weighted by molar-refractivity contribution is -0.116. The highest BCUT2D eigenvalue weighted by Gasteiger charge is 2.23. The van der Waals surface area contributed by atoms with Crippen LogP contribution in [0.2, 0.25) is 5.02 Å². The molecule has 31 heavy (non-hydrogen) atoms. The van der Waals surface area contributed by atoms with Gasteiger partial charge in [0.2, 0.25) is 15.9 Å². The first kappa shape index (κ1) is 23.1. The second kappa shape index (κ2) is 9.25. The van der Waals surface area contributed by atoms with E-state index >= 15 is 0 Å². The molecule has 10 heteroatoms. The summed E-state index contributed by atoms with van der Waals surface area (Å²) in [5.74, 6) is -0.486. The summed E-state index contributed by atoms with van der Waals surface area (Å²) in [4.78, 5) is 25.5. The van der Waals surface area contributed by atoms with Crippen molar-refractivity contribution in [2.45, 2.75) is 38.8 Å². The van der Waals surface area contributed by atoms with Gasteiger partial charge in [0.05, 0.1) is 26.6 Å². The zero-order valence-corrected chi connectivity index (χ0v) is 19.2. The summed E-state index contributed by atoms with van der Waals surface area (Å²) in [7, 11) is -3.71. The second-order valence-corrected chi connectivity index (χ2v) is 9.23. The number of benzene rings is 2. The number of anilines is 1. The molecule has 3 rings (SSSR count). The highest BCUT2D eigenvalue weighted by Crippen LogP contribution is 2.27. The lowest BCUT2D eigenvalue weighted by Crippen LogP contribution is -2.31. The summed E-state index contributed by atoms with van der Waals surface area (Å²) in [5.41, 5.74) is 1.27. The summed E-state index contributed by atoms with van der Waals surface area (Å²) in [6.45, 7) is 6.27. The number of hydrogen-bond donors (Lipinski definition) is 1. The predicted octanol–water partition coefficient (Wildman–Crippen LogP) is 3.15. The van der Waals surface area contributed by atoms with Crippen LogP contribution in [0.25, 0.3) is 11.0 Å². The molecule has 0 saturated carbocycles. The third-order valence-electron chi connectivity index (χ3n) is 5.10. The van der Waals surface area contributed by atoms with E-state index in [0.717, 1.165) is 5.52 Å². The van der Waals surface area contributed by atoms with Crippen LogP contribution in [0.5, 0.6) is 0 Å². The summed E-state index contributed by atoms with van der Waals surface area (Å²) < 4.78 is 29.9. The van der Waals surface area contributed by atoms with Crippen molar-refractivity contribution in [3.63, 3.8) is 0 Å². The molecule has 0 unspecified atom stereocenters. The molecule has 0 saturated heterocycles. The number of aryl methyl sites for hydroxylation is 1. The molecule has 0 atom stereocenters. The number of sulfonamides is 1. The van der Waals surface area contributed by atoms with E-state index in [1.165, 1.54) is 27.1 Å². The van der Waals surface area contributed by atoms with E-state index in [1.807, 2.05) is 19.1 Å². The quantitative estimate of drug-likeness (QED) is 0.554. The molecule has 3 aromatic rings. The topological polar surface area (TPSA) is 93.4 Å². The van der Waals surface area contributed by atoms with E-state index in [2.05, 4.69) is 5.32 Å². The van der Waals surface area contributed by atoms with Gasteiger partial charge in [-0.15, -0.1) is 0 Å². The molecule has 8 nitrogen and oxygen atoms in total. The van der Waals surface area contributed by atoms with Gasteiger partial charge in [0.15, 0.2) is 0 Å². The first-order chi connectivity index (χ1) is 14.7. The number of carbonyl (C=O) groups is 1. The fourth-order valence-corrected chi connectivity index (χ4v) is 5.19. The Morgan fingerprint density at radius 2 is 1.65 bits per heavy atom. The lowest BCUT2D eigenvalue weighted by Gasteiger charge is -2.19. The molecule has 1 amide bonds. The number of para-hydroxylation sites is 2. The highest BCUT2D eigenvalue weighted by molar-refractivity contribution is 7.89. The molecule has 1 N–H and O–H groups in total. The van der Waals surface area contributed by atoms with Crippen molar-refractivity contribution in [1.29, 1.82) is 0 Å². The molecular formula is C21H25ClN4O4S. The van der Waals surface area contributed by atoms with E-state index in [1.54, 1.807) is 30.5 Å². The maximum atomic E-state index is 12.8. The van der Waals surface area contributed by atoms with Gasteiger partial charge in [0.25, 0.3) is 0 Å². The predicted molar refractivity (Wildman–Crippen MR) is 122 cm³/mol. The Kier molecular flexibility index (Phi) is 6.88. The summed E-state index contributed by atoms with van der Waals surface area (Å²) in [5, 5.41) is 2.85. The molecule has 166 valence electrons. The zero-order valence-electron chi connectivity index (χ0n) is 17.6. The molecule has 0 spiro atoms. The number of fused-ring (bicyclic) bond motifs is 1. The Hall–Kier alpha value is -2.62. The number of nitrogens with one attached hydrogen (secondary N) is 1. The minimum Gasteiger partial charge on any atom is -0.323 e. The maximum absolute atomic E-state index is 12.8. The SMILES string of the molecule is CCN(CC)S(=O)(=O)c1ccc(Cl)c(NC(=O)Cn2c(=O)n(CC)c3ccccc32)c1. The van der Waals surface area contributed by atoms with E-state index in [-0.39, 0.29) is 27.8 Å². The number of halogens is 1. The van der Waals surface area contributed by atoms with Crippen molar-refractivity contribution in [1.82, 2.24) is 13.4 Å². The van der Waals surface area contributed by atoms with Crippen LogP contribution < -0.4 is 11.0 Å². The molecule has 0 aliphatic heterocycles. The van der Waals surface area contributed by atoms with E-state index in [4.69, 9.17) is 11.6 Å². The Bertz CT molecular complexity index is 1280. The average Bonchev–Trinajstić information content (AvgIpc) is 3.01. The maximum Gasteiger partial charge on any atom is 0.329 e. The van der Waals surface area contributed by atoms with Crippen LogP contribution in [-0.2, 0) is 27.9 Å². The zero-order chi connectivity index (χ0) is 22.8. The van der Waals surface area contributed by atoms with E-state index in [9.17, 15) is 18.0 Å². The number of rotatable bonds is 8. The van der Waals surface area contributed by atoms with Crippen LogP contribution in [-0.4, -0.2) is 40.9 Å². The number of hydrogen-bond acceptors (Lipinski definition) is 4. The average molecular weight is 465 g/mol. The normalized spacial score (nSPS) is 11.9. The van der Waals surface area contributed by atoms with Crippen LogP contribution in [0.3, 0.4) is 0 Å². The lowest BCUT2D eigenvalue weighted by atomic mass is 10.3. The monoisotopic (exact) mass is 464 g/mol. The molecule has 2 aromatic carbocycles. The number of carbonyl (C=O) groups excluding carboxylic acids is 1. The number of amides is 1. The summed E-state index contributed by atoms with van der Waals surface area (Å²) in [6, 6.07) is 11.4. The van der Waals surface area contributed by atoms with Gasteiger partial charge < -0.3 is 5.32 Å². The van der Waals surface area contributed by atoms with Gasteiger partial charge in [-0.2, -0.15) is 4.31 Å². The van der Waals surface area contributed by atoms with Crippen molar-refractivity contribution >= 4 is 44.3 Å². The molecular weight excluding hydrogens is 440 g/mol. The number of imidazole rings is 1. The Morgan fingerprint density at radius 3 is 2.23 bits per heavy atom. The van der Waals surface area contributed by atoms with Crippen LogP contribution in [0.15, 0.2) is 52.2 Å². The summed E-state index contributed by atoms with van der Waals surface area (Å²) in [6.07, 6.45) is 0. The molecule has 0 fully saturated rings.